The van der Waals surface area contributed by atoms with Crippen LogP contribution in [0.2, 0.25) is 10.0 Å². The number of carbonyl (C=O) groups excluding carboxylic acids is 1. The van der Waals surface area contributed by atoms with Crippen LogP contribution in [0.15, 0.2) is 95.9 Å². The molecule has 2 heterocycles. The number of nitrogens with zero attached hydrogens (tertiary/aromatic N) is 3. The SMILES string of the molecule is O=C(Cc1c(Cl)cccc1Cl)Nc1onc(-c2cccc(OCc3ccccc3)c2)c1-c1ccncn1. The van der Waals surface area contributed by atoms with Gasteiger partial charge in [0.15, 0.2) is 0 Å². The third-order valence-corrected chi connectivity index (χ3v) is 6.25. The third kappa shape index (κ3) is 5.80. The predicted molar refractivity (Wildman–Crippen MR) is 143 cm³/mol. The Morgan fingerprint density at radius 1 is 0.946 bits per heavy atom. The van der Waals surface area contributed by atoms with E-state index < -0.39 is 0 Å². The predicted octanol–water partition coefficient (Wildman–Crippen LogP) is 6.87. The van der Waals surface area contributed by atoms with Crippen molar-refractivity contribution in [1.29, 1.82) is 0 Å². The van der Waals surface area contributed by atoms with Crippen LogP contribution in [0.5, 0.6) is 5.75 Å². The van der Waals surface area contributed by atoms with Crippen LogP contribution < -0.4 is 10.1 Å². The van der Waals surface area contributed by atoms with E-state index in [0.29, 0.717) is 44.9 Å². The lowest BCUT2D eigenvalue weighted by molar-refractivity contribution is -0.115. The van der Waals surface area contributed by atoms with Crippen molar-refractivity contribution in [3.05, 3.63) is 113 Å². The molecule has 7 nitrogen and oxygen atoms in total. The second-order valence-corrected chi connectivity index (χ2v) is 8.87. The first kappa shape index (κ1) is 24.5. The zero-order valence-electron chi connectivity index (χ0n) is 19.4. The Labute approximate surface area is 223 Å². The first-order valence-electron chi connectivity index (χ1n) is 11.3. The van der Waals surface area contributed by atoms with Gasteiger partial charge in [0.1, 0.15) is 24.4 Å². The van der Waals surface area contributed by atoms with Gasteiger partial charge in [0.25, 0.3) is 0 Å². The monoisotopic (exact) mass is 530 g/mol. The van der Waals surface area contributed by atoms with Crippen LogP contribution >= 0.6 is 23.2 Å². The van der Waals surface area contributed by atoms with Crippen LogP contribution in [0.4, 0.5) is 5.88 Å². The fourth-order valence-corrected chi connectivity index (χ4v) is 4.29. The molecule has 0 radical (unpaired) electrons. The van der Waals surface area contributed by atoms with Gasteiger partial charge in [0, 0.05) is 21.8 Å². The largest absolute Gasteiger partial charge is 0.489 e. The van der Waals surface area contributed by atoms with E-state index in [0.717, 1.165) is 11.1 Å². The van der Waals surface area contributed by atoms with Gasteiger partial charge >= 0.3 is 0 Å². The number of aromatic nitrogens is 3. The zero-order valence-corrected chi connectivity index (χ0v) is 20.9. The van der Waals surface area contributed by atoms with Gasteiger partial charge in [0.2, 0.25) is 11.8 Å². The lowest BCUT2D eigenvalue weighted by atomic mass is 10.0. The highest BCUT2D eigenvalue weighted by molar-refractivity contribution is 6.36. The maximum Gasteiger partial charge on any atom is 0.241 e. The number of halogens is 2. The third-order valence-electron chi connectivity index (χ3n) is 5.54. The lowest BCUT2D eigenvalue weighted by Gasteiger charge is -2.09. The molecule has 1 amide bonds. The Hall–Kier alpha value is -4.20. The highest BCUT2D eigenvalue weighted by atomic mass is 35.5. The minimum Gasteiger partial charge on any atom is -0.489 e. The van der Waals surface area contributed by atoms with E-state index >= 15 is 0 Å². The van der Waals surface area contributed by atoms with E-state index in [1.54, 1.807) is 30.5 Å². The van der Waals surface area contributed by atoms with Gasteiger partial charge in [-0.2, -0.15) is 0 Å². The Balaban J connectivity index is 1.44. The number of nitrogens with one attached hydrogen (secondary N) is 1. The molecule has 37 heavy (non-hydrogen) atoms. The summed E-state index contributed by atoms with van der Waals surface area (Å²) in [5.41, 5.74) is 3.86. The van der Waals surface area contributed by atoms with E-state index in [1.807, 2.05) is 54.6 Å². The first-order chi connectivity index (χ1) is 18.1. The molecule has 184 valence electrons. The quantitative estimate of drug-likeness (QED) is 0.235. The molecule has 2 aromatic heterocycles. The molecule has 0 unspecified atom stereocenters. The van der Waals surface area contributed by atoms with Crippen molar-refractivity contribution in [3.63, 3.8) is 0 Å². The van der Waals surface area contributed by atoms with E-state index in [9.17, 15) is 4.79 Å². The molecule has 1 N–H and O–H groups in total. The standard InChI is InChI=1S/C28H20Cl2N4O3/c29-22-10-5-11-23(30)21(22)15-25(35)33-28-26(24-12-13-31-17-32-24)27(34-37-28)19-8-4-9-20(14-19)36-16-18-6-2-1-3-7-18/h1-14,17H,15-16H2,(H,33,35). The molecule has 3 aromatic carbocycles. The molecular formula is C28H20Cl2N4O3. The topological polar surface area (TPSA) is 90.1 Å². The van der Waals surface area contributed by atoms with Crippen molar-refractivity contribution in [3.8, 4) is 28.3 Å². The summed E-state index contributed by atoms with van der Waals surface area (Å²) in [7, 11) is 0. The maximum atomic E-state index is 12.9. The van der Waals surface area contributed by atoms with Crippen molar-refractivity contribution in [2.24, 2.45) is 0 Å². The number of ether oxygens (including phenoxy) is 1. The number of carbonyl (C=O) groups is 1. The molecule has 5 aromatic rings. The summed E-state index contributed by atoms with van der Waals surface area (Å²) in [4.78, 5) is 21.3. The van der Waals surface area contributed by atoms with E-state index in [-0.39, 0.29) is 18.2 Å². The second-order valence-electron chi connectivity index (χ2n) is 8.06. The Morgan fingerprint density at radius 3 is 2.49 bits per heavy atom. The molecule has 9 heteroatoms. The summed E-state index contributed by atoms with van der Waals surface area (Å²) >= 11 is 12.5. The van der Waals surface area contributed by atoms with Crippen LogP contribution in [0.3, 0.4) is 0 Å². The van der Waals surface area contributed by atoms with Gasteiger partial charge < -0.3 is 9.26 Å². The molecule has 0 aliphatic rings. The summed E-state index contributed by atoms with van der Waals surface area (Å²) in [5.74, 6) is 0.447. The first-order valence-corrected chi connectivity index (χ1v) is 12.1. The lowest BCUT2D eigenvalue weighted by Crippen LogP contribution is -2.15. The van der Waals surface area contributed by atoms with E-state index in [2.05, 4.69) is 20.4 Å². The van der Waals surface area contributed by atoms with Crippen LogP contribution in [0.25, 0.3) is 22.5 Å². The average Bonchev–Trinajstić information content (AvgIpc) is 3.34. The number of hydrogen-bond acceptors (Lipinski definition) is 6. The summed E-state index contributed by atoms with van der Waals surface area (Å²) in [6.45, 7) is 0.424. The van der Waals surface area contributed by atoms with Crippen LogP contribution in [-0.4, -0.2) is 21.0 Å². The fraction of sp³-hybridized carbons (Fsp3) is 0.0714. The maximum absolute atomic E-state index is 12.9. The number of amides is 1. The molecule has 0 atom stereocenters. The summed E-state index contributed by atoms with van der Waals surface area (Å²) in [6, 6.07) is 24.2. The van der Waals surface area contributed by atoms with Crippen molar-refractivity contribution in [1.82, 2.24) is 15.1 Å². The highest BCUT2D eigenvalue weighted by Gasteiger charge is 2.23. The van der Waals surface area contributed by atoms with Crippen LogP contribution in [0, 0.1) is 0 Å². The van der Waals surface area contributed by atoms with Gasteiger partial charge in [-0.25, -0.2) is 9.97 Å². The van der Waals surface area contributed by atoms with Crippen molar-refractivity contribution >= 4 is 35.0 Å². The Morgan fingerprint density at radius 2 is 1.73 bits per heavy atom. The van der Waals surface area contributed by atoms with Gasteiger partial charge in [-0.3, -0.25) is 10.1 Å². The summed E-state index contributed by atoms with van der Waals surface area (Å²) in [5, 5.41) is 7.86. The summed E-state index contributed by atoms with van der Waals surface area (Å²) in [6.07, 6.45) is 2.98. The summed E-state index contributed by atoms with van der Waals surface area (Å²) < 4.78 is 11.6. The average molecular weight is 531 g/mol. The Bertz CT molecular complexity index is 1510. The smallest absolute Gasteiger partial charge is 0.241 e. The zero-order chi connectivity index (χ0) is 25.6. The Kier molecular flexibility index (Phi) is 7.44. The van der Waals surface area contributed by atoms with E-state index in [1.165, 1.54) is 6.33 Å². The number of rotatable bonds is 8. The number of anilines is 1. The van der Waals surface area contributed by atoms with Gasteiger partial charge in [0.05, 0.1) is 17.7 Å². The molecule has 0 saturated carbocycles. The van der Waals surface area contributed by atoms with Crippen LogP contribution in [-0.2, 0) is 17.8 Å². The second kappa shape index (κ2) is 11.2. The van der Waals surface area contributed by atoms with Gasteiger partial charge in [-0.15, -0.1) is 0 Å². The van der Waals surface area contributed by atoms with Gasteiger partial charge in [-0.1, -0.05) is 76.9 Å². The normalized spacial score (nSPS) is 10.8. The fourth-order valence-electron chi connectivity index (χ4n) is 3.76. The minimum absolute atomic E-state index is 0.0411. The van der Waals surface area contributed by atoms with Crippen LogP contribution in [0.1, 0.15) is 11.1 Å². The number of benzene rings is 3. The highest BCUT2D eigenvalue weighted by Crippen LogP contribution is 2.38. The molecule has 0 saturated heterocycles. The molecule has 0 bridgehead atoms. The van der Waals surface area contributed by atoms with Crippen molar-refractivity contribution < 1.29 is 14.1 Å². The minimum atomic E-state index is -0.368. The van der Waals surface area contributed by atoms with Crippen molar-refractivity contribution in [2.45, 2.75) is 13.0 Å². The van der Waals surface area contributed by atoms with Crippen molar-refractivity contribution in [2.75, 3.05) is 5.32 Å². The molecule has 0 fully saturated rings. The van der Waals surface area contributed by atoms with Gasteiger partial charge in [-0.05, 0) is 41.5 Å². The molecule has 0 aliphatic heterocycles. The number of hydrogen-bond donors (Lipinski definition) is 1. The molecule has 5 rings (SSSR count). The van der Waals surface area contributed by atoms with E-state index in [4.69, 9.17) is 32.5 Å². The molecule has 0 spiro atoms. The molecular weight excluding hydrogens is 511 g/mol. The molecule has 0 aliphatic carbocycles.